The van der Waals surface area contributed by atoms with E-state index in [9.17, 15) is 9.18 Å². The lowest BCUT2D eigenvalue weighted by Gasteiger charge is -2.32. The number of nitrogens with one attached hydrogen (secondary N) is 1. The van der Waals surface area contributed by atoms with Gasteiger partial charge in [0.05, 0.1) is 18.1 Å². The topological polar surface area (TPSA) is 61.4 Å². The summed E-state index contributed by atoms with van der Waals surface area (Å²) in [5.74, 6) is -0.179. The van der Waals surface area contributed by atoms with Gasteiger partial charge in [0.25, 0.3) is 5.91 Å². The third-order valence-corrected chi connectivity index (χ3v) is 3.77. The van der Waals surface area contributed by atoms with Crippen LogP contribution in [0.5, 0.6) is 0 Å². The van der Waals surface area contributed by atoms with Gasteiger partial charge in [-0.05, 0) is 25.2 Å². The van der Waals surface area contributed by atoms with E-state index in [1.165, 1.54) is 18.2 Å². The zero-order valence-electron chi connectivity index (χ0n) is 12.9. The summed E-state index contributed by atoms with van der Waals surface area (Å²) in [7, 11) is 2.09. The van der Waals surface area contributed by atoms with Gasteiger partial charge in [-0.15, -0.1) is 0 Å². The summed E-state index contributed by atoms with van der Waals surface area (Å²) in [6, 6.07) is 5.54. The van der Waals surface area contributed by atoms with E-state index < -0.39 is 5.82 Å². The summed E-state index contributed by atoms with van der Waals surface area (Å²) in [6.07, 6.45) is 3.13. The normalized spacial score (nSPS) is 15.5. The molecule has 0 saturated carbocycles. The van der Waals surface area contributed by atoms with Crippen molar-refractivity contribution in [3.05, 3.63) is 48.0 Å². The first-order valence-corrected chi connectivity index (χ1v) is 7.44. The van der Waals surface area contributed by atoms with Crippen LogP contribution in [0.2, 0.25) is 0 Å². The number of likely N-dealkylation sites (N-methyl/N-ethyl adjacent to an activating group) is 1. The molecule has 2 aromatic rings. The molecule has 0 atom stereocenters. The lowest BCUT2D eigenvalue weighted by atomic mass is 10.2. The summed E-state index contributed by atoms with van der Waals surface area (Å²) >= 11 is 0. The van der Waals surface area contributed by atoms with Crippen molar-refractivity contribution < 1.29 is 9.18 Å². The van der Waals surface area contributed by atoms with Crippen LogP contribution in [-0.2, 0) is 0 Å². The summed E-state index contributed by atoms with van der Waals surface area (Å²) in [5, 5.41) is 2.67. The summed E-state index contributed by atoms with van der Waals surface area (Å²) in [4.78, 5) is 25.0. The van der Waals surface area contributed by atoms with Crippen LogP contribution < -0.4 is 10.2 Å². The Labute approximate surface area is 134 Å². The minimum absolute atomic E-state index is 0.258. The average molecular weight is 315 g/mol. The molecule has 0 unspecified atom stereocenters. The first kappa shape index (κ1) is 15.4. The van der Waals surface area contributed by atoms with E-state index in [-0.39, 0.29) is 11.5 Å². The molecule has 1 aromatic heterocycles. The average Bonchev–Trinajstić information content (AvgIpc) is 2.56. The molecular weight excluding hydrogens is 297 g/mol. The van der Waals surface area contributed by atoms with Crippen LogP contribution >= 0.6 is 0 Å². The number of halogens is 1. The Morgan fingerprint density at radius 2 is 1.87 bits per heavy atom. The molecule has 1 saturated heterocycles. The lowest BCUT2D eigenvalue weighted by molar-refractivity contribution is 0.102. The van der Waals surface area contributed by atoms with Crippen LogP contribution in [0.4, 0.5) is 16.0 Å². The van der Waals surface area contributed by atoms with Crippen molar-refractivity contribution >= 4 is 17.5 Å². The van der Waals surface area contributed by atoms with Crippen molar-refractivity contribution in [2.24, 2.45) is 0 Å². The Balaban J connectivity index is 1.64. The van der Waals surface area contributed by atoms with Gasteiger partial charge in [0, 0.05) is 31.7 Å². The molecular formula is C16H18FN5O. The fourth-order valence-electron chi connectivity index (χ4n) is 2.39. The number of nitrogens with zero attached hydrogens (tertiary/aromatic N) is 4. The second-order valence-electron chi connectivity index (χ2n) is 5.53. The highest BCUT2D eigenvalue weighted by atomic mass is 19.1. The molecule has 1 aromatic carbocycles. The fourth-order valence-corrected chi connectivity index (χ4v) is 2.39. The summed E-state index contributed by atoms with van der Waals surface area (Å²) < 4.78 is 13.1. The van der Waals surface area contributed by atoms with Gasteiger partial charge in [-0.1, -0.05) is 6.07 Å². The van der Waals surface area contributed by atoms with Crippen LogP contribution in [0, 0.1) is 5.82 Å². The Kier molecular flexibility index (Phi) is 4.47. The number of carbonyl (C=O) groups excluding carboxylic acids is 1. The quantitative estimate of drug-likeness (QED) is 0.932. The maximum absolute atomic E-state index is 13.1. The maximum atomic E-state index is 13.1. The van der Waals surface area contributed by atoms with Gasteiger partial charge < -0.3 is 15.1 Å². The fraction of sp³-hybridized carbons (Fsp3) is 0.312. The second kappa shape index (κ2) is 6.70. The Morgan fingerprint density at radius 1 is 1.17 bits per heavy atom. The molecule has 2 heterocycles. The molecule has 0 radical (unpaired) electrons. The molecule has 1 N–H and O–H groups in total. The molecule has 0 spiro atoms. The first-order chi connectivity index (χ1) is 11.1. The van der Waals surface area contributed by atoms with E-state index in [4.69, 9.17) is 0 Å². The highest BCUT2D eigenvalue weighted by molar-refractivity contribution is 6.04. The Hall–Kier alpha value is -2.54. The molecule has 1 aliphatic rings. The summed E-state index contributed by atoms with van der Waals surface area (Å²) in [5.41, 5.74) is 0.741. The van der Waals surface area contributed by atoms with Crippen molar-refractivity contribution in [3.63, 3.8) is 0 Å². The number of aromatic nitrogens is 2. The smallest absolute Gasteiger partial charge is 0.255 e. The third kappa shape index (κ3) is 3.81. The van der Waals surface area contributed by atoms with E-state index in [1.54, 1.807) is 18.5 Å². The zero-order chi connectivity index (χ0) is 16.2. The van der Waals surface area contributed by atoms with Gasteiger partial charge in [0.2, 0.25) is 5.95 Å². The van der Waals surface area contributed by atoms with E-state index >= 15 is 0 Å². The van der Waals surface area contributed by atoms with Crippen molar-refractivity contribution in [2.45, 2.75) is 0 Å². The van der Waals surface area contributed by atoms with Crippen LogP contribution in [0.15, 0.2) is 36.7 Å². The molecule has 23 heavy (non-hydrogen) atoms. The van der Waals surface area contributed by atoms with Crippen molar-refractivity contribution in [1.29, 1.82) is 0 Å². The van der Waals surface area contributed by atoms with Gasteiger partial charge in [0.1, 0.15) is 5.82 Å². The van der Waals surface area contributed by atoms with Gasteiger partial charge in [-0.3, -0.25) is 4.79 Å². The number of piperazine rings is 1. The number of benzene rings is 1. The van der Waals surface area contributed by atoms with Crippen molar-refractivity contribution in [2.75, 3.05) is 43.4 Å². The second-order valence-corrected chi connectivity index (χ2v) is 5.53. The molecule has 0 aliphatic carbocycles. The lowest BCUT2D eigenvalue weighted by Crippen LogP contribution is -2.45. The van der Waals surface area contributed by atoms with Crippen LogP contribution in [0.1, 0.15) is 10.4 Å². The number of anilines is 2. The molecule has 7 heteroatoms. The van der Waals surface area contributed by atoms with Gasteiger partial charge >= 0.3 is 0 Å². The van der Waals surface area contributed by atoms with Crippen molar-refractivity contribution in [3.8, 4) is 0 Å². The molecule has 1 amide bonds. The molecule has 120 valence electrons. The van der Waals surface area contributed by atoms with Crippen LogP contribution in [0.3, 0.4) is 0 Å². The Morgan fingerprint density at radius 3 is 2.52 bits per heavy atom. The monoisotopic (exact) mass is 315 g/mol. The number of amides is 1. The number of carbonyl (C=O) groups is 1. The van der Waals surface area contributed by atoms with E-state index in [0.717, 1.165) is 26.2 Å². The molecule has 3 rings (SSSR count). The third-order valence-electron chi connectivity index (χ3n) is 3.77. The Bertz CT molecular complexity index is 683. The molecule has 1 aliphatic heterocycles. The highest BCUT2D eigenvalue weighted by Gasteiger charge is 2.16. The predicted molar refractivity (Wildman–Crippen MR) is 86.1 cm³/mol. The first-order valence-electron chi connectivity index (χ1n) is 7.44. The largest absolute Gasteiger partial charge is 0.338 e. The number of hydrogen-bond acceptors (Lipinski definition) is 5. The summed E-state index contributed by atoms with van der Waals surface area (Å²) in [6.45, 7) is 3.71. The van der Waals surface area contributed by atoms with E-state index in [1.807, 2.05) is 0 Å². The van der Waals surface area contributed by atoms with Gasteiger partial charge in [-0.25, -0.2) is 14.4 Å². The van der Waals surface area contributed by atoms with Crippen LogP contribution in [0.25, 0.3) is 0 Å². The number of rotatable bonds is 3. The molecule has 0 bridgehead atoms. The van der Waals surface area contributed by atoms with Gasteiger partial charge in [0.15, 0.2) is 0 Å². The van der Waals surface area contributed by atoms with E-state index in [2.05, 4.69) is 32.1 Å². The zero-order valence-corrected chi connectivity index (χ0v) is 12.9. The minimum atomic E-state index is -0.445. The van der Waals surface area contributed by atoms with Gasteiger partial charge in [-0.2, -0.15) is 0 Å². The minimum Gasteiger partial charge on any atom is -0.338 e. The van der Waals surface area contributed by atoms with Crippen LogP contribution in [-0.4, -0.2) is 54.0 Å². The van der Waals surface area contributed by atoms with Crippen molar-refractivity contribution in [1.82, 2.24) is 14.9 Å². The number of hydrogen-bond donors (Lipinski definition) is 1. The SMILES string of the molecule is CN1CCN(c2ncc(NC(=O)c3cccc(F)c3)cn2)CC1. The standard InChI is InChI=1S/C16H18FN5O/c1-21-5-7-22(8-6-21)16-18-10-14(11-19-16)20-15(23)12-3-2-4-13(17)9-12/h2-4,9-11H,5-8H2,1H3,(H,20,23). The van der Waals surface area contributed by atoms with E-state index in [0.29, 0.717) is 11.6 Å². The predicted octanol–water partition coefficient (Wildman–Crippen LogP) is 1.62. The highest BCUT2D eigenvalue weighted by Crippen LogP contribution is 2.13. The maximum Gasteiger partial charge on any atom is 0.255 e. The molecule has 1 fully saturated rings. The molecule has 6 nitrogen and oxygen atoms in total.